The average molecular weight is 656 g/mol. The molecule has 11 heteroatoms. The highest BCUT2D eigenvalue weighted by molar-refractivity contribution is 6.02. The van der Waals surface area contributed by atoms with Gasteiger partial charge < -0.3 is 34.5 Å². The Morgan fingerprint density at radius 3 is 2.58 bits per heavy atom. The molecule has 252 valence electrons. The van der Waals surface area contributed by atoms with Gasteiger partial charge in [0.2, 0.25) is 5.43 Å². The zero-order chi connectivity index (χ0) is 33.7. The van der Waals surface area contributed by atoms with E-state index in [1.807, 2.05) is 57.2 Å². The molecule has 3 aliphatic rings. The van der Waals surface area contributed by atoms with Crippen molar-refractivity contribution in [2.24, 2.45) is 5.92 Å². The highest BCUT2D eigenvalue weighted by Gasteiger charge is 2.32. The van der Waals surface area contributed by atoms with Gasteiger partial charge in [0.25, 0.3) is 5.91 Å². The summed E-state index contributed by atoms with van der Waals surface area (Å²) in [6.07, 6.45) is 4.93. The molecule has 4 heterocycles. The zero-order valence-corrected chi connectivity index (χ0v) is 27.9. The Labute approximate surface area is 278 Å². The van der Waals surface area contributed by atoms with Crippen LogP contribution < -0.4 is 20.8 Å². The predicted octanol–water partition coefficient (Wildman–Crippen LogP) is 6.27. The van der Waals surface area contributed by atoms with Crippen molar-refractivity contribution >= 4 is 39.4 Å². The minimum absolute atomic E-state index is 0.0527. The van der Waals surface area contributed by atoms with Crippen molar-refractivity contribution in [2.45, 2.75) is 58.1 Å². The standard InChI is InChI=1S/C37H42FN5O5/c1-37(2,3)48-36(46)42-15-12-22(20-42)19-40-31-28(38)18-26-32-34(31)47-30-17-24-9-6-5-8-23(24)16-29(30)43(32)21-27(33(26)44)35(45)39-13-11-25-10-7-14-41(25)4/h5-6,8-9,16-18,21-22,25,40H,7,10-15,19-20H2,1-4H3,(H,39,45). The Morgan fingerprint density at radius 2 is 1.85 bits per heavy atom. The number of pyridine rings is 1. The van der Waals surface area contributed by atoms with Gasteiger partial charge in [0.15, 0.2) is 17.3 Å². The highest BCUT2D eigenvalue weighted by Crippen LogP contribution is 2.46. The summed E-state index contributed by atoms with van der Waals surface area (Å²) in [5.41, 5.74) is -0.0380. The van der Waals surface area contributed by atoms with Crippen LogP contribution in [0.2, 0.25) is 0 Å². The molecule has 4 aromatic rings. The number of carbonyl (C=O) groups is 2. The Kier molecular flexibility index (Phi) is 8.27. The van der Waals surface area contributed by atoms with Gasteiger partial charge in [-0.3, -0.25) is 9.59 Å². The van der Waals surface area contributed by atoms with Crippen LogP contribution in [0, 0.1) is 11.7 Å². The fourth-order valence-electron chi connectivity index (χ4n) is 7.16. The maximum absolute atomic E-state index is 16.1. The van der Waals surface area contributed by atoms with Gasteiger partial charge in [0.05, 0.1) is 11.1 Å². The third-order valence-corrected chi connectivity index (χ3v) is 9.68. The first-order valence-electron chi connectivity index (χ1n) is 16.8. The number of anilines is 1. The number of halogens is 1. The Morgan fingerprint density at radius 1 is 1.08 bits per heavy atom. The van der Waals surface area contributed by atoms with E-state index in [4.69, 9.17) is 9.47 Å². The van der Waals surface area contributed by atoms with Crippen molar-refractivity contribution < 1.29 is 23.5 Å². The average Bonchev–Trinajstić information content (AvgIpc) is 3.69. The van der Waals surface area contributed by atoms with E-state index in [9.17, 15) is 14.4 Å². The monoisotopic (exact) mass is 655 g/mol. The Hall–Kier alpha value is -4.64. The molecule has 0 spiro atoms. The van der Waals surface area contributed by atoms with Gasteiger partial charge in [-0.1, -0.05) is 24.3 Å². The molecule has 3 aliphatic heterocycles. The summed E-state index contributed by atoms with van der Waals surface area (Å²) < 4.78 is 29.8. The summed E-state index contributed by atoms with van der Waals surface area (Å²) in [5.74, 6) is -0.429. The van der Waals surface area contributed by atoms with E-state index >= 15 is 4.39 Å². The smallest absolute Gasteiger partial charge is 0.410 e. The number of fused-ring (bicyclic) bond motifs is 3. The van der Waals surface area contributed by atoms with Gasteiger partial charge in [-0.25, -0.2) is 9.18 Å². The summed E-state index contributed by atoms with van der Waals surface area (Å²) in [5, 5.41) is 8.13. The highest BCUT2D eigenvalue weighted by atomic mass is 19.1. The molecular weight excluding hydrogens is 613 g/mol. The maximum Gasteiger partial charge on any atom is 0.410 e. The molecule has 3 aromatic carbocycles. The molecule has 2 N–H and O–H groups in total. The molecule has 1 aromatic heterocycles. The van der Waals surface area contributed by atoms with E-state index in [0.29, 0.717) is 49.2 Å². The van der Waals surface area contributed by atoms with Crippen molar-refractivity contribution in [1.29, 1.82) is 0 Å². The van der Waals surface area contributed by atoms with Crippen LogP contribution in [-0.2, 0) is 4.74 Å². The fraction of sp³-hybridized carbons (Fsp3) is 0.432. The van der Waals surface area contributed by atoms with E-state index < -0.39 is 22.8 Å². The molecule has 0 aliphatic carbocycles. The molecule has 7 rings (SSSR count). The van der Waals surface area contributed by atoms with Crippen molar-refractivity contribution in [1.82, 2.24) is 19.7 Å². The molecule has 0 bridgehead atoms. The van der Waals surface area contributed by atoms with E-state index in [-0.39, 0.29) is 34.4 Å². The van der Waals surface area contributed by atoms with Crippen LogP contribution in [0.4, 0.5) is 14.9 Å². The third kappa shape index (κ3) is 6.07. The molecule has 2 amide bonds. The van der Waals surface area contributed by atoms with Crippen LogP contribution in [0.5, 0.6) is 11.5 Å². The number of amides is 2. The second kappa shape index (κ2) is 12.4. The van der Waals surface area contributed by atoms with Gasteiger partial charge >= 0.3 is 6.09 Å². The second-order valence-electron chi connectivity index (χ2n) is 14.3. The van der Waals surface area contributed by atoms with E-state index in [1.54, 1.807) is 15.7 Å². The lowest BCUT2D eigenvalue weighted by atomic mass is 10.0. The fourth-order valence-corrected chi connectivity index (χ4v) is 7.16. The maximum atomic E-state index is 16.1. The second-order valence-corrected chi connectivity index (χ2v) is 14.3. The van der Waals surface area contributed by atoms with E-state index in [0.717, 1.165) is 43.0 Å². The lowest BCUT2D eigenvalue weighted by Crippen LogP contribution is -2.35. The van der Waals surface area contributed by atoms with E-state index in [1.165, 1.54) is 6.07 Å². The minimum Gasteiger partial charge on any atom is -0.451 e. The van der Waals surface area contributed by atoms with Crippen molar-refractivity contribution in [3.8, 4) is 17.2 Å². The molecule has 2 atom stereocenters. The normalized spacial score (nSPS) is 19.0. The van der Waals surface area contributed by atoms with Crippen LogP contribution in [0.3, 0.4) is 0 Å². The van der Waals surface area contributed by atoms with Crippen LogP contribution in [0.1, 0.15) is 56.8 Å². The summed E-state index contributed by atoms with van der Waals surface area (Å²) in [4.78, 5) is 43.9. The SMILES string of the molecule is CN1CCCC1CCNC(=O)c1cn2c3c(c(NCC4CCN(C(=O)OC(C)(C)C)C4)c(F)cc3c1=O)Oc1cc3ccccc3cc1-2. The molecule has 48 heavy (non-hydrogen) atoms. The Bertz CT molecular complexity index is 1990. The van der Waals surface area contributed by atoms with Gasteiger partial charge in [-0.15, -0.1) is 0 Å². The number of benzene rings is 3. The van der Waals surface area contributed by atoms with Crippen molar-refractivity contribution in [2.75, 3.05) is 45.1 Å². The zero-order valence-electron chi connectivity index (χ0n) is 27.9. The number of hydrogen-bond acceptors (Lipinski definition) is 7. The van der Waals surface area contributed by atoms with Crippen LogP contribution in [0.15, 0.2) is 53.5 Å². The topological polar surface area (TPSA) is 105 Å². The van der Waals surface area contributed by atoms with E-state index in [2.05, 4.69) is 22.6 Å². The number of nitrogens with one attached hydrogen (secondary N) is 2. The molecule has 2 saturated heterocycles. The van der Waals surface area contributed by atoms with Crippen LogP contribution in [0.25, 0.3) is 27.4 Å². The summed E-state index contributed by atoms with van der Waals surface area (Å²) >= 11 is 0. The molecule has 2 fully saturated rings. The summed E-state index contributed by atoms with van der Waals surface area (Å²) in [6, 6.07) is 13.3. The lowest BCUT2D eigenvalue weighted by Gasteiger charge is -2.27. The number of likely N-dealkylation sites (tertiary alicyclic amines) is 2. The van der Waals surface area contributed by atoms with Crippen molar-refractivity contribution in [3.63, 3.8) is 0 Å². The molecule has 0 saturated carbocycles. The van der Waals surface area contributed by atoms with Gasteiger partial charge in [0, 0.05) is 38.4 Å². The minimum atomic E-state index is -0.658. The quantitative estimate of drug-likeness (QED) is 0.213. The molecule has 2 unspecified atom stereocenters. The third-order valence-electron chi connectivity index (χ3n) is 9.68. The van der Waals surface area contributed by atoms with Crippen molar-refractivity contribution in [3.05, 3.63) is 70.3 Å². The number of aromatic nitrogens is 1. The largest absolute Gasteiger partial charge is 0.451 e. The predicted molar refractivity (Wildman–Crippen MR) is 184 cm³/mol. The number of hydrogen-bond donors (Lipinski definition) is 2. The number of nitrogens with zero attached hydrogens (tertiary/aromatic N) is 3. The molecule has 0 radical (unpaired) electrons. The Balaban J connectivity index is 1.23. The first kappa shape index (κ1) is 31.9. The first-order chi connectivity index (χ1) is 23.0. The lowest BCUT2D eigenvalue weighted by molar-refractivity contribution is 0.0289. The van der Waals surface area contributed by atoms with Crippen LogP contribution in [-0.4, -0.2) is 77.8 Å². The molecule has 10 nitrogen and oxygen atoms in total. The first-order valence-corrected chi connectivity index (χ1v) is 16.8. The summed E-state index contributed by atoms with van der Waals surface area (Å²) in [6.45, 7) is 8.38. The van der Waals surface area contributed by atoms with Gasteiger partial charge in [0.1, 0.15) is 22.4 Å². The van der Waals surface area contributed by atoms with Crippen LogP contribution >= 0.6 is 0 Å². The number of rotatable bonds is 7. The number of carbonyl (C=O) groups excluding carboxylic acids is 2. The van der Waals surface area contributed by atoms with Gasteiger partial charge in [-0.2, -0.15) is 0 Å². The van der Waals surface area contributed by atoms with Gasteiger partial charge in [-0.05, 0) is 94.9 Å². The summed E-state index contributed by atoms with van der Waals surface area (Å²) in [7, 11) is 2.09. The molecular formula is C37H42FN5O5. The number of ether oxygens (including phenoxy) is 2.